The summed E-state index contributed by atoms with van der Waals surface area (Å²) in [4.78, 5) is 21.8. The smallest absolute Gasteiger partial charge is 0.434 e. The second kappa shape index (κ2) is 5.61. The number of hydrogen-bond donors (Lipinski definition) is 1. The Morgan fingerprint density at radius 3 is 2.12 bits per heavy atom. The van der Waals surface area contributed by atoms with Crippen molar-refractivity contribution < 1.29 is 14.7 Å². The molecule has 2 amide bonds. The van der Waals surface area contributed by atoms with Crippen LogP contribution in [-0.4, -0.2) is 17.1 Å². The van der Waals surface area contributed by atoms with Crippen LogP contribution in [0, 0.1) is 0 Å². The monoisotopic (exact) mass is 476 g/mol. The Labute approximate surface area is 124 Å². The Morgan fingerprint density at radius 1 is 1.06 bits per heavy atom. The zero-order chi connectivity index (χ0) is 12.5. The lowest BCUT2D eigenvalue weighted by Crippen LogP contribution is -2.21. The lowest BCUT2D eigenvalue weighted by atomic mass is 10.2. The Morgan fingerprint density at radius 2 is 1.62 bits per heavy atom. The van der Waals surface area contributed by atoms with Crippen molar-refractivity contribution in [3.63, 3.8) is 0 Å². The molecule has 16 heavy (non-hydrogen) atoms. The van der Waals surface area contributed by atoms with Gasteiger partial charge in [-0.2, -0.15) is 0 Å². The molecule has 1 aromatic carbocycles. The molecule has 0 saturated carbocycles. The Hall–Kier alpha value is 0.0800. The fourth-order valence-corrected chi connectivity index (χ4v) is 3.06. The molecule has 1 N–H and O–H groups in total. The molecule has 8 heteroatoms. The summed E-state index contributed by atoms with van der Waals surface area (Å²) in [6.45, 7) is 0. The molecule has 0 atom stereocenters. The van der Waals surface area contributed by atoms with Crippen LogP contribution in [0.25, 0.3) is 0 Å². The zero-order valence-corrected chi connectivity index (χ0v) is 13.6. The van der Waals surface area contributed by atoms with E-state index < -0.39 is 12.0 Å². The van der Waals surface area contributed by atoms with Gasteiger partial charge >= 0.3 is 6.09 Å². The lowest BCUT2D eigenvalue weighted by molar-refractivity contribution is 0.0942. The molecule has 0 spiro atoms. The van der Waals surface area contributed by atoms with Crippen LogP contribution in [0.1, 0.15) is 10.4 Å². The van der Waals surface area contributed by atoms with Crippen molar-refractivity contribution in [2.24, 2.45) is 0 Å². The van der Waals surface area contributed by atoms with Crippen molar-refractivity contribution >= 4 is 75.7 Å². The second-order valence-electron chi connectivity index (χ2n) is 2.55. The Balaban J connectivity index is 3.25. The van der Waals surface area contributed by atoms with Crippen LogP contribution in [0.2, 0.25) is 0 Å². The van der Waals surface area contributed by atoms with Crippen LogP contribution in [0.3, 0.4) is 0 Å². The van der Waals surface area contributed by atoms with E-state index in [1.165, 1.54) is 6.07 Å². The molecule has 0 heterocycles. The first kappa shape index (κ1) is 14.1. The molecule has 0 saturated heterocycles. The van der Waals surface area contributed by atoms with E-state index in [0.717, 1.165) is 0 Å². The number of benzene rings is 1. The number of hydrogen-bond acceptors (Lipinski definition) is 2. The van der Waals surface area contributed by atoms with Crippen molar-refractivity contribution in [1.29, 1.82) is 0 Å². The molecule has 0 aromatic heterocycles. The summed E-state index contributed by atoms with van der Waals surface area (Å²) < 4.78 is 2.38. The first-order valence-electron chi connectivity index (χ1n) is 3.66. The Bertz CT molecular complexity index is 475. The predicted octanol–water partition coefficient (Wildman–Crippen LogP) is 4.16. The minimum absolute atomic E-state index is 0.157. The summed E-state index contributed by atoms with van der Waals surface area (Å²) in [5.74, 6) is -0.826. The number of nitrogens with zero attached hydrogens (tertiary/aromatic N) is 1. The summed E-state index contributed by atoms with van der Waals surface area (Å²) in [7, 11) is 0. The molecule has 0 fully saturated rings. The first-order valence-corrected chi connectivity index (χ1v) is 6.83. The summed E-state index contributed by atoms with van der Waals surface area (Å²) >= 11 is 12.9. The molecule has 0 aliphatic rings. The van der Waals surface area contributed by atoms with Gasteiger partial charge in [-0.3, -0.25) is 4.79 Å². The molecular weight excluding hydrogens is 478 g/mol. The maximum absolute atomic E-state index is 11.5. The largest absolute Gasteiger partial charge is 0.463 e. The highest BCUT2D eigenvalue weighted by Crippen LogP contribution is 2.38. The normalized spacial score (nSPS) is 10.0. The van der Waals surface area contributed by atoms with E-state index in [9.17, 15) is 9.59 Å². The molecule has 1 aromatic rings. The predicted molar refractivity (Wildman–Crippen MR) is 71.7 cm³/mol. The van der Waals surface area contributed by atoms with E-state index in [-0.39, 0.29) is 5.56 Å². The second-order valence-corrected chi connectivity index (χ2v) is 5.78. The average Bonchev–Trinajstić information content (AvgIpc) is 2.19. The molecule has 1 rings (SSSR count). The summed E-state index contributed by atoms with van der Waals surface area (Å²) in [6, 6.07) is 1.48. The van der Waals surface area contributed by atoms with Crippen LogP contribution < -0.4 is 5.32 Å². The van der Waals surface area contributed by atoms with Gasteiger partial charge in [0.2, 0.25) is 0 Å². The fourth-order valence-electron chi connectivity index (χ4n) is 0.876. The minimum atomic E-state index is -1.52. The quantitative estimate of drug-likeness (QED) is 0.486. The van der Waals surface area contributed by atoms with Crippen LogP contribution in [0.4, 0.5) is 4.79 Å². The van der Waals surface area contributed by atoms with Gasteiger partial charge in [-0.1, -0.05) is 0 Å². The van der Waals surface area contributed by atoms with Crippen molar-refractivity contribution in [1.82, 2.24) is 5.32 Å². The zero-order valence-electron chi connectivity index (χ0n) is 7.30. The van der Waals surface area contributed by atoms with E-state index in [4.69, 9.17) is 5.11 Å². The van der Waals surface area contributed by atoms with Crippen LogP contribution >= 0.6 is 63.7 Å². The maximum atomic E-state index is 11.5. The summed E-state index contributed by atoms with van der Waals surface area (Å²) in [6.07, 6.45) is -1.52. The number of halogens is 4. The van der Waals surface area contributed by atoms with Gasteiger partial charge in [-0.15, -0.1) is 5.32 Å². The maximum Gasteiger partial charge on any atom is 0.434 e. The topological polar surface area (TPSA) is 68.5 Å². The van der Waals surface area contributed by atoms with Gasteiger partial charge in [0.1, 0.15) is 0 Å². The van der Waals surface area contributed by atoms with Crippen LogP contribution in [0.15, 0.2) is 24.0 Å². The third-order valence-corrected chi connectivity index (χ3v) is 6.19. The number of imide groups is 1. The average molecular weight is 480 g/mol. The van der Waals surface area contributed by atoms with Gasteiger partial charge in [-0.05, 0) is 69.8 Å². The molecule has 0 aliphatic heterocycles. The van der Waals surface area contributed by atoms with E-state index in [0.29, 0.717) is 17.9 Å². The van der Waals surface area contributed by atoms with Gasteiger partial charge in [-0.25, -0.2) is 4.79 Å². The highest BCUT2D eigenvalue weighted by Gasteiger charge is 2.19. The Kier molecular flexibility index (Phi) is 4.96. The lowest BCUT2D eigenvalue weighted by Gasteiger charge is -2.07. The van der Waals surface area contributed by atoms with Gasteiger partial charge in [0.15, 0.2) is 0 Å². The first-order chi connectivity index (χ1) is 7.34. The molecule has 4 nitrogen and oxygen atoms in total. The fraction of sp³-hybridized carbons (Fsp3) is 0. The molecular formula is C8H2Br4NO3. The number of carboxylic acid groups (broad SMARTS) is 1. The number of carbonyl (C=O) groups excluding carboxylic acids is 1. The highest BCUT2D eigenvalue weighted by molar-refractivity contribution is 9.15. The van der Waals surface area contributed by atoms with Gasteiger partial charge in [0, 0.05) is 17.9 Å². The van der Waals surface area contributed by atoms with E-state index in [1.54, 1.807) is 0 Å². The number of amides is 2. The van der Waals surface area contributed by atoms with E-state index in [1.807, 2.05) is 0 Å². The molecule has 0 aliphatic carbocycles. The summed E-state index contributed by atoms with van der Waals surface area (Å²) in [5.41, 5.74) is 0.157. The van der Waals surface area contributed by atoms with E-state index >= 15 is 0 Å². The van der Waals surface area contributed by atoms with Crippen molar-refractivity contribution in [2.45, 2.75) is 0 Å². The molecule has 1 radical (unpaired) electrons. The van der Waals surface area contributed by atoms with Crippen LogP contribution in [-0.2, 0) is 0 Å². The van der Waals surface area contributed by atoms with Crippen LogP contribution in [0.5, 0.6) is 0 Å². The SMILES string of the molecule is O=C(O)[N]C(=O)c1cc(Br)c(Br)c(Br)c1Br. The van der Waals surface area contributed by atoms with Crippen molar-refractivity contribution in [2.75, 3.05) is 0 Å². The summed E-state index contributed by atoms with van der Waals surface area (Å²) in [5, 5.41) is 11.3. The van der Waals surface area contributed by atoms with Crippen molar-refractivity contribution in [3.8, 4) is 0 Å². The van der Waals surface area contributed by atoms with Gasteiger partial charge < -0.3 is 5.11 Å². The standard InChI is InChI=1S/C8H2Br4NO3/c9-3-1-2(7(14)13-8(15)16)4(10)6(12)5(3)11/h1H,(H,15,16). The molecule has 0 unspecified atom stereocenters. The highest BCUT2D eigenvalue weighted by atomic mass is 79.9. The number of carbonyl (C=O) groups is 2. The van der Waals surface area contributed by atoms with E-state index in [2.05, 4.69) is 69.0 Å². The molecule has 85 valence electrons. The third-order valence-electron chi connectivity index (χ3n) is 1.53. The molecule has 0 bridgehead atoms. The minimum Gasteiger partial charge on any atom is -0.463 e. The van der Waals surface area contributed by atoms with Crippen molar-refractivity contribution in [3.05, 3.63) is 29.5 Å². The number of rotatable bonds is 1. The van der Waals surface area contributed by atoms with Gasteiger partial charge in [0.05, 0.1) is 5.56 Å². The van der Waals surface area contributed by atoms with Gasteiger partial charge in [0.25, 0.3) is 5.91 Å². The third kappa shape index (κ3) is 3.06.